The standard InChI is InChI=1S/C11H23NO2S/c1-4-11(12-2)9-6-5-7-10(8-9)15(3,13)14/h9-12H,4-8H2,1-3H3. The van der Waals surface area contributed by atoms with E-state index < -0.39 is 9.84 Å². The predicted octanol–water partition coefficient (Wildman–Crippen LogP) is 1.59. The Morgan fingerprint density at radius 3 is 2.53 bits per heavy atom. The van der Waals surface area contributed by atoms with Crippen molar-refractivity contribution in [3.8, 4) is 0 Å². The number of hydrogen-bond donors (Lipinski definition) is 1. The Bertz CT molecular complexity index is 283. The van der Waals surface area contributed by atoms with Gasteiger partial charge in [0.25, 0.3) is 0 Å². The summed E-state index contributed by atoms with van der Waals surface area (Å²) < 4.78 is 23.0. The Kier molecular flexibility index (Phi) is 4.59. The average Bonchev–Trinajstić information content (AvgIpc) is 2.19. The molecule has 0 aromatic carbocycles. The lowest BCUT2D eigenvalue weighted by molar-refractivity contribution is 0.274. The van der Waals surface area contributed by atoms with Crippen LogP contribution in [0.1, 0.15) is 39.0 Å². The maximum absolute atomic E-state index is 11.5. The molecule has 0 aliphatic heterocycles. The number of hydrogen-bond acceptors (Lipinski definition) is 3. The molecule has 0 radical (unpaired) electrons. The summed E-state index contributed by atoms with van der Waals surface area (Å²) in [5.74, 6) is 0.536. The molecule has 0 aromatic heterocycles. The summed E-state index contributed by atoms with van der Waals surface area (Å²) in [6.45, 7) is 2.16. The minimum absolute atomic E-state index is 0.0985. The zero-order valence-corrected chi connectivity index (χ0v) is 10.8. The number of nitrogens with one attached hydrogen (secondary N) is 1. The summed E-state index contributed by atoms with van der Waals surface area (Å²) in [6, 6.07) is 0.481. The fourth-order valence-electron chi connectivity index (χ4n) is 2.71. The van der Waals surface area contributed by atoms with Crippen LogP contribution < -0.4 is 5.32 Å². The number of sulfone groups is 1. The molecule has 1 rings (SSSR count). The van der Waals surface area contributed by atoms with Gasteiger partial charge in [0, 0.05) is 12.3 Å². The molecule has 0 spiro atoms. The molecule has 0 aromatic rings. The van der Waals surface area contributed by atoms with Gasteiger partial charge in [0.2, 0.25) is 0 Å². The molecule has 1 aliphatic carbocycles. The molecule has 1 saturated carbocycles. The first kappa shape index (κ1) is 13.0. The van der Waals surface area contributed by atoms with Crippen LogP contribution in [0.3, 0.4) is 0 Å². The van der Waals surface area contributed by atoms with Gasteiger partial charge >= 0.3 is 0 Å². The van der Waals surface area contributed by atoms with Gasteiger partial charge in [-0.25, -0.2) is 8.42 Å². The topological polar surface area (TPSA) is 46.2 Å². The van der Waals surface area contributed by atoms with Crippen LogP contribution in [0.15, 0.2) is 0 Å². The van der Waals surface area contributed by atoms with Gasteiger partial charge in [-0.05, 0) is 38.6 Å². The number of rotatable bonds is 4. The molecule has 1 aliphatic rings. The molecule has 3 atom stereocenters. The third-order valence-corrected chi connectivity index (χ3v) is 5.29. The van der Waals surface area contributed by atoms with Crippen LogP contribution in [-0.2, 0) is 9.84 Å². The van der Waals surface area contributed by atoms with E-state index in [4.69, 9.17) is 0 Å². The fourth-order valence-corrected chi connectivity index (χ4v) is 3.90. The molecular formula is C11H23NO2S. The predicted molar refractivity (Wildman–Crippen MR) is 63.7 cm³/mol. The van der Waals surface area contributed by atoms with Gasteiger partial charge in [0.05, 0.1) is 5.25 Å². The maximum atomic E-state index is 11.5. The molecule has 15 heavy (non-hydrogen) atoms. The van der Waals surface area contributed by atoms with Gasteiger partial charge in [-0.2, -0.15) is 0 Å². The van der Waals surface area contributed by atoms with Crippen molar-refractivity contribution in [2.24, 2.45) is 5.92 Å². The highest BCUT2D eigenvalue weighted by molar-refractivity contribution is 7.91. The second-order valence-corrected chi connectivity index (χ2v) is 7.01. The van der Waals surface area contributed by atoms with Gasteiger partial charge in [0.1, 0.15) is 9.84 Å². The van der Waals surface area contributed by atoms with Crippen molar-refractivity contribution in [2.45, 2.75) is 50.3 Å². The van der Waals surface area contributed by atoms with Crippen LogP contribution in [0, 0.1) is 5.92 Å². The molecule has 3 unspecified atom stereocenters. The molecule has 1 N–H and O–H groups in total. The molecule has 0 amide bonds. The second kappa shape index (κ2) is 5.30. The first-order valence-electron chi connectivity index (χ1n) is 5.85. The fraction of sp³-hybridized carbons (Fsp3) is 1.00. The first-order valence-corrected chi connectivity index (χ1v) is 7.80. The monoisotopic (exact) mass is 233 g/mol. The van der Waals surface area contributed by atoms with Crippen molar-refractivity contribution in [3.63, 3.8) is 0 Å². The molecule has 1 fully saturated rings. The second-order valence-electron chi connectivity index (χ2n) is 4.68. The van der Waals surface area contributed by atoms with Gasteiger partial charge in [0.15, 0.2) is 0 Å². The zero-order chi connectivity index (χ0) is 11.5. The normalized spacial score (nSPS) is 30.1. The zero-order valence-electron chi connectivity index (χ0n) is 9.99. The van der Waals surface area contributed by atoms with Crippen LogP contribution in [-0.4, -0.2) is 33.0 Å². The van der Waals surface area contributed by atoms with Crippen LogP contribution in [0.2, 0.25) is 0 Å². The lowest BCUT2D eigenvalue weighted by atomic mass is 9.82. The highest BCUT2D eigenvalue weighted by Crippen LogP contribution is 2.31. The summed E-state index contributed by atoms with van der Waals surface area (Å²) >= 11 is 0. The van der Waals surface area contributed by atoms with E-state index in [1.165, 1.54) is 12.7 Å². The van der Waals surface area contributed by atoms with Crippen LogP contribution in [0.4, 0.5) is 0 Å². The van der Waals surface area contributed by atoms with E-state index in [1.807, 2.05) is 7.05 Å². The minimum Gasteiger partial charge on any atom is -0.317 e. The maximum Gasteiger partial charge on any atom is 0.150 e. The van der Waals surface area contributed by atoms with Crippen molar-refractivity contribution in [2.75, 3.05) is 13.3 Å². The Balaban J connectivity index is 2.63. The van der Waals surface area contributed by atoms with E-state index in [0.29, 0.717) is 12.0 Å². The third-order valence-electron chi connectivity index (χ3n) is 3.65. The van der Waals surface area contributed by atoms with E-state index in [2.05, 4.69) is 12.2 Å². The van der Waals surface area contributed by atoms with Crippen LogP contribution in [0.25, 0.3) is 0 Å². The Labute approximate surface area is 93.6 Å². The van der Waals surface area contributed by atoms with Crippen LogP contribution in [0.5, 0.6) is 0 Å². The molecule has 90 valence electrons. The lowest BCUT2D eigenvalue weighted by Crippen LogP contribution is -2.39. The minimum atomic E-state index is -2.84. The van der Waals surface area contributed by atoms with E-state index >= 15 is 0 Å². The largest absolute Gasteiger partial charge is 0.317 e. The van der Waals surface area contributed by atoms with Crippen molar-refractivity contribution >= 4 is 9.84 Å². The van der Waals surface area contributed by atoms with E-state index in [0.717, 1.165) is 25.7 Å². The molecule has 4 heteroatoms. The third kappa shape index (κ3) is 3.45. The highest BCUT2D eigenvalue weighted by Gasteiger charge is 2.31. The molecular weight excluding hydrogens is 210 g/mol. The summed E-state index contributed by atoms with van der Waals surface area (Å²) in [5, 5.41) is 3.20. The SMILES string of the molecule is CCC(NC)C1CCCC(S(C)(=O)=O)C1. The smallest absolute Gasteiger partial charge is 0.150 e. The molecule has 0 heterocycles. The first-order chi connectivity index (χ1) is 6.99. The quantitative estimate of drug-likeness (QED) is 0.802. The summed E-state index contributed by atoms with van der Waals surface area (Å²) in [5.41, 5.74) is 0. The van der Waals surface area contributed by atoms with Gasteiger partial charge < -0.3 is 5.32 Å². The van der Waals surface area contributed by atoms with Crippen molar-refractivity contribution in [1.82, 2.24) is 5.32 Å². The Morgan fingerprint density at radius 1 is 1.40 bits per heavy atom. The van der Waals surface area contributed by atoms with Crippen LogP contribution >= 0.6 is 0 Å². The Morgan fingerprint density at radius 2 is 2.07 bits per heavy atom. The van der Waals surface area contributed by atoms with Gasteiger partial charge in [-0.15, -0.1) is 0 Å². The molecule has 0 bridgehead atoms. The van der Waals surface area contributed by atoms with Gasteiger partial charge in [-0.1, -0.05) is 13.3 Å². The Hall–Kier alpha value is -0.0900. The molecule has 3 nitrogen and oxygen atoms in total. The summed E-state index contributed by atoms with van der Waals surface area (Å²) in [6.07, 6.45) is 6.39. The van der Waals surface area contributed by atoms with Crippen molar-refractivity contribution < 1.29 is 8.42 Å². The van der Waals surface area contributed by atoms with E-state index in [9.17, 15) is 8.42 Å². The summed E-state index contributed by atoms with van der Waals surface area (Å²) in [4.78, 5) is 0. The van der Waals surface area contributed by atoms with E-state index in [-0.39, 0.29) is 5.25 Å². The van der Waals surface area contributed by atoms with Crippen molar-refractivity contribution in [1.29, 1.82) is 0 Å². The average molecular weight is 233 g/mol. The lowest BCUT2D eigenvalue weighted by Gasteiger charge is -2.33. The molecule has 0 saturated heterocycles. The van der Waals surface area contributed by atoms with Crippen molar-refractivity contribution in [3.05, 3.63) is 0 Å². The highest BCUT2D eigenvalue weighted by atomic mass is 32.2. The van der Waals surface area contributed by atoms with Gasteiger partial charge in [-0.3, -0.25) is 0 Å². The summed E-state index contributed by atoms with van der Waals surface area (Å²) in [7, 11) is -0.866. The van der Waals surface area contributed by atoms with E-state index in [1.54, 1.807) is 0 Å².